The Morgan fingerprint density at radius 1 is 1.29 bits per heavy atom. The van der Waals surface area contributed by atoms with E-state index in [1.165, 1.54) is 0 Å². The van der Waals surface area contributed by atoms with E-state index in [0.717, 1.165) is 6.42 Å². The van der Waals surface area contributed by atoms with Crippen molar-refractivity contribution in [2.24, 2.45) is 11.3 Å². The molecule has 0 aromatic rings. The van der Waals surface area contributed by atoms with E-state index in [2.05, 4.69) is 29.8 Å². The van der Waals surface area contributed by atoms with Crippen molar-refractivity contribution in [3.63, 3.8) is 0 Å². The topological polar surface area (TPSA) is 99.8 Å². The molecule has 160 valence electrons. The molecule has 2 heterocycles. The average Bonchev–Trinajstić information content (AvgIpc) is 2.80. The van der Waals surface area contributed by atoms with Gasteiger partial charge in [-0.15, -0.1) is 0 Å². The van der Waals surface area contributed by atoms with Gasteiger partial charge in [0.15, 0.2) is 0 Å². The van der Waals surface area contributed by atoms with Crippen molar-refractivity contribution >= 4 is 17.7 Å². The van der Waals surface area contributed by atoms with E-state index in [4.69, 9.17) is 4.74 Å². The van der Waals surface area contributed by atoms with E-state index in [0.29, 0.717) is 31.9 Å². The van der Waals surface area contributed by atoms with Crippen molar-refractivity contribution < 1.29 is 19.1 Å². The maximum absolute atomic E-state index is 13.3. The van der Waals surface area contributed by atoms with Crippen LogP contribution in [0.4, 0.5) is 0 Å². The SMILES string of the molecule is CN[C@@H](C)C(=O)N[C@H]1CCO[C@H]2CC(C)(C)[C@@H](C(=O)NCCC(C)C)N2C1=O. The molecular weight excluding hydrogens is 360 g/mol. The summed E-state index contributed by atoms with van der Waals surface area (Å²) in [5, 5.41) is 8.67. The van der Waals surface area contributed by atoms with Gasteiger partial charge in [-0.3, -0.25) is 14.4 Å². The zero-order valence-electron chi connectivity index (χ0n) is 18.0. The highest BCUT2D eigenvalue weighted by atomic mass is 16.5. The molecule has 0 aromatic heterocycles. The van der Waals surface area contributed by atoms with Crippen LogP contribution >= 0.6 is 0 Å². The molecule has 4 atom stereocenters. The molecule has 2 aliphatic rings. The average molecular weight is 397 g/mol. The molecule has 0 saturated carbocycles. The molecule has 0 unspecified atom stereocenters. The maximum Gasteiger partial charge on any atom is 0.247 e. The van der Waals surface area contributed by atoms with Gasteiger partial charge in [-0.05, 0) is 38.1 Å². The van der Waals surface area contributed by atoms with Gasteiger partial charge in [0, 0.05) is 13.0 Å². The fourth-order valence-corrected chi connectivity index (χ4v) is 3.86. The molecule has 3 N–H and O–H groups in total. The van der Waals surface area contributed by atoms with E-state index >= 15 is 0 Å². The van der Waals surface area contributed by atoms with Crippen LogP contribution in [0.5, 0.6) is 0 Å². The van der Waals surface area contributed by atoms with Gasteiger partial charge in [-0.2, -0.15) is 0 Å². The summed E-state index contributed by atoms with van der Waals surface area (Å²) in [4.78, 5) is 40.1. The van der Waals surface area contributed by atoms with Crippen molar-refractivity contribution in [2.75, 3.05) is 20.2 Å². The molecule has 0 radical (unpaired) electrons. The predicted octanol–water partition coefficient (Wildman–Crippen LogP) is 0.615. The number of ether oxygens (including phenoxy) is 1. The predicted molar refractivity (Wildman–Crippen MR) is 106 cm³/mol. The van der Waals surface area contributed by atoms with Gasteiger partial charge >= 0.3 is 0 Å². The lowest BCUT2D eigenvalue weighted by Gasteiger charge is -2.33. The van der Waals surface area contributed by atoms with Crippen LogP contribution in [0.2, 0.25) is 0 Å². The molecule has 0 aliphatic carbocycles. The van der Waals surface area contributed by atoms with Gasteiger partial charge in [0.1, 0.15) is 18.3 Å². The van der Waals surface area contributed by atoms with Gasteiger partial charge in [-0.25, -0.2) is 0 Å². The largest absolute Gasteiger partial charge is 0.358 e. The Balaban J connectivity index is 2.18. The van der Waals surface area contributed by atoms with Crippen LogP contribution in [0.25, 0.3) is 0 Å². The van der Waals surface area contributed by atoms with Crippen LogP contribution in [0.1, 0.15) is 53.9 Å². The Morgan fingerprint density at radius 3 is 2.57 bits per heavy atom. The maximum atomic E-state index is 13.3. The Bertz CT molecular complexity index is 593. The first-order valence-electron chi connectivity index (χ1n) is 10.3. The highest BCUT2D eigenvalue weighted by Crippen LogP contribution is 2.42. The summed E-state index contributed by atoms with van der Waals surface area (Å²) in [6, 6.07) is -1.71. The first-order valence-corrected chi connectivity index (χ1v) is 10.3. The quantitative estimate of drug-likeness (QED) is 0.586. The molecule has 8 heteroatoms. The van der Waals surface area contributed by atoms with E-state index in [1.807, 2.05) is 13.8 Å². The monoisotopic (exact) mass is 396 g/mol. The van der Waals surface area contributed by atoms with Gasteiger partial charge < -0.3 is 25.6 Å². The fourth-order valence-electron chi connectivity index (χ4n) is 3.86. The summed E-state index contributed by atoms with van der Waals surface area (Å²) in [6.45, 7) is 10.9. The van der Waals surface area contributed by atoms with Crippen molar-refractivity contribution in [2.45, 2.75) is 78.2 Å². The minimum atomic E-state index is -0.687. The Kier molecular flexibility index (Phi) is 7.45. The minimum Gasteiger partial charge on any atom is -0.358 e. The molecule has 0 bridgehead atoms. The highest BCUT2D eigenvalue weighted by Gasteiger charge is 2.54. The number of hydrogen-bond donors (Lipinski definition) is 3. The zero-order chi connectivity index (χ0) is 21.1. The van der Waals surface area contributed by atoms with Crippen molar-refractivity contribution in [3.05, 3.63) is 0 Å². The number of likely N-dealkylation sites (N-methyl/N-ethyl adjacent to an activating group) is 1. The second-order valence-corrected chi connectivity index (χ2v) is 9.00. The lowest BCUT2D eigenvalue weighted by Crippen LogP contribution is -2.58. The highest BCUT2D eigenvalue weighted by molar-refractivity contribution is 5.94. The van der Waals surface area contributed by atoms with E-state index in [1.54, 1.807) is 18.9 Å². The van der Waals surface area contributed by atoms with E-state index < -0.39 is 29.8 Å². The van der Waals surface area contributed by atoms with Gasteiger partial charge in [-0.1, -0.05) is 27.7 Å². The number of nitrogens with one attached hydrogen (secondary N) is 3. The number of fused-ring (bicyclic) bond motifs is 1. The Morgan fingerprint density at radius 2 is 1.96 bits per heavy atom. The Hall–Kier alpha value is -1.67. The molecule has 2 saturated heterocycles. The molecule has 8 nitrogen and oxygen atoms in total. The van der Waals surface area contributed by atoms with Gasteiger partial charge in [0.05, 0.1) is 12.6 Å². The van der Waals surface area contributed by atoms with Crippen LogP contribution in [0.3, 0.4) is 0 Å². The third kappa shape index (κ3) is 5.03. The smallest absolute Gasteiger partial charge is 0.247 e. The molecule has 2 rings (SSSR count). The lowest BCUT2D eigenvalue weighted by atomic mass is 9.83. The number of rotatable bonds is 7. The normalized spacial score (nSPS) is 27.9. The Labute approximate surface area is 168 Å². The van der Waals surface area contributed by atoms with Crippen LogP contribution in [-0.2, 0) is 19.1 Å². The minimum absolute atomic E-state index is 0.152. The van der Waals surface area contributed by atoms with Crippen LogP contribution in [-0.4, -0.2) is 67.2 Å². The molecule has 28 heavy (non-hydrogen) atoms. The first kappa shape index (κ1) is 22.6. The van der Waals surface area contributed by atoms with Gasteiger partial charge in [0.25, 0.3) is 0 Å². The zero-order valence-corrected chi connectivity index (χ0v) is 18.0. The molecule has 2 aliphatic heterocycles. The second kappa shape index (κ2) is 9.22. The summed E-state index contributed by atoms with van der Waals surface area (Å²) in [6.07, 6.45) is 1.44. The standard InChI is InChI=1S/C20H36N4O4/c1-12(2)7-9-22-18(26)16-20(4,5)11-15-24(16)19(27)14(8-10-28-15)23-17(25)13(3)21-6/h12-16,21H,7-11H2,1-6H3,(H,22,26)(H,23,25)/t13-,14-,15-,16+/m0/s1. The third-order valence-electron chi connectivity index (χ3n) is 5.71. The second-order valence-electron chi connectivity index (χ2n) is 9.00. The lowest BCUT2D eigenvalue weighted by molar-refractivity contribution is -0.149. The van der Waals surface area contributed by atoms with Gasteiger partial charge in [0.2, 0.25) is 17.7 Å². The summed E-state index contributed by atoms with van der Waals surface area (Å²) in [5.41, 5.74) is -0.410. The van der Waals surface area contributed by atoms with Crippen LogP contribution in [0, 0.1) is 11.3 Å². The van der Waals surface area contributed by atoms with Crippen molar-refractivity contribution in [1.82, 2.24) is 20.9 Å². The summed E-state index contributed by atoms with van der Waals surface area (Å²) < 4.78 is 5.91. The van der Waals surface area contributed by atoms with Crippen LogP contribution < -0.4 is 16.0 Å². The van der Waals surface area contributed by atoms with Crippen molar-refractivity contribution in [1.29, 1.82) is 0 Å². The van der Waals surface area contributed by atoms with Crippen molar-refractivity contribution in [3.8, 4) is 0 Å². The third-order valence-corrected chi connectivity index (χ3v) is 5.71. The van der Waals surface area contributed by atoms with Crippen LogP contribution in [0.15, 0.2) is 0 Å². The number of amides is 3. The number of hydrogen-bond acceptors (Lipinski definition) is 5. The number of nitrogens with zero attached hydrogens (tertiary/aromatic N) is 1. The number of carbonyl (C=O) groups is 3. The van der Waals surface area contributed by atoms with E-state index in [-0.39, 0.29) is 17.7 Å². The summed E-state index contributed by atoms with van der Waals surface area (Å²) in [7, 11) is 1.69. The molecular formula is C20H36N4O4. The fraction of sp³-hybridized carbons (Fsp3) is 0.850. The molecule has 3 amide bonds. The number of carbonyl (C=O) groups excluding carboxylic acids is 3. The molecule has 0 spiro atoms. The summed E-state index contributed by atoms with van der Waals surface area (Å²) >= 11 is 0. The molecule has 2 fully saturated rings. The molecule has 0 aromatic carbocycles. The summed E-state index contributed by atoms with van der Waals surface area (Å²) in [5.74, 6) is -0.147. The first-order chi connectivity index (χ1) is 13.1. The van der Waals surface area contributed by atoms with E-state index in [9.17, 15) is 14.4 Å².